The number of nitrogens with zero attached hydrogens (tertiary/aromatic N) is 2. The van der Waals surface area contributed by atoms with Gasteiger partial charge in [0.15, 0.2) is 0 Å². The lowest BCUT2D eigenvalue weighted by Gasteiger charge is -2.45. The summed E-state index contributed by atoms with van der Waals surface area (Å²) in [7, 11) is 0. The van der Waals surface area contributed by atoms with E-state index in [1.54, 1.807) is 11.8 Å². The fourth-order valence-corrected chi connectivity index (χ4v) is 6.41. The summed E-state index contributed by atoms with van der Waals surface area (Å²) in [5.41, 5.74) is -0.468. The number of amides is 2. The molecule has 1 aromatic rings. The predicted molar refractivity (Wildman–Crippen MR) is 110 cm³/mol. The van der Waals surface area contributed by atoms with Crippen molar-refractivity contribution in [3.63, 3.8) is 0 Å². The van der Waals surface area contributed by atoms with E-state index in [0.29, 0.717) is 32.5 Å². The van der Waals surface area contributed by atoms with Gasteiger partial charge in [-0.1, -0.05) is 19.3 Å². The van der Waals surface area contributed by atoms with Gasteiger partial charge >= 0.3 is 6.18 Å². The van der Waals surface area contributed by atoms with Crippen LogP contribution in [0.15, 0.2) is 24.3 Å². The lowest BCUT2D eigenvalue weighted by Crippen LogP contribution is -2.54. The van der Waals surface area contributed by atoms with Crippen molar-refractivity contribution in [1.29, 1.82) is 0 Å². The molecule has 0 bridgehead atoms. The number of carbonyl (C=O) groups excluding carboxylic acids is 2. The summed E-state index contributed by atoms with van der Waals surface area (Å²) < 4.78 is 38.4. The number of likely N-dealkylation sites (tertiary alicyclic amines) is 1. The molecule has 2 heterocycles. The van der Waals surface area contributed by atoms with Gasteiger partial charge in [-0.05, 0) is 49.9 Å². The van der Waals surface area contributed by atoms with E-state index in [9.17, 15) is 22.8 Å². The molecule has 1 aliphatic carbocycles. The molecule has 3 fully saturated rings. The molecule has 4 rings (SSSR count). The summed E-state index contributed by atoms with van der Waals surface area (Å²) in [4.78, 5) is 29.4. The number of carbonyl (C=O) groups is 2. The Balaban J connectivity index is 1.42. The van der Waals surface area contributed by atoms with Gasteiger partial charge < -0.3 is 9.80 Å². The summed E-state index contributed by atoms with van der Waals surface area (Å²) in [6, 6.07) is 4.47. The van der Waals surface area contributed by atoms with Crippen molar-refractivity contribution in [3.8, 4) is 0 Å². The largest absolute Gasteiger partial charge is 0.416 e. The average Bonchev–Trinajstić information content (AvgIpc) is 3.16. The normalized spacial score (nSPS) is 22.5. The third kappa shape index (κ3) is 4.20. The Morgan fingerprint density at radius 1 is 0.967 bits per heavy atom. The Kier molecular flexibility index (Phi) is 6.06. The molecule has 0 radical (unpaired) electrons. The van der Waals surface area contributed by atoms with E-state index < -0.39 is 11.7 Å². The summed E-state index contributed by atoms with van der Waals surface area (Å²) in [5, 5.41) is 0. The second-order valence-corrected chi connectivity index (χ2v) is 9.94. The maximum atomic E-state index is 13.1. The van der Waals surface area contributed by atoms with Gasteiger partial charge in [-0.25, -0.2) is 0 Å². The van der Waals surface area contributed by atoms with Crippen LogP contribution in [0.2, 0.25) is 0 Å². The fraction of sp³-hybridized carbons (Fsp3) is 0.636. The van der Waals surface area contributed by atoms with Crippen LogP contribution in [0.3, 0.4) is 0 Å². The predicted octanol–water partition coefficient (Wildman–Crippen LogP) is 4.79. The number of hydrogen-bond acceptors (Lipinski definition) is 3. The second-order valence-electron chi connectivity index (χ2n) is 8.49. The Hall–Kier alpha value is -1.70. The zero-order valence-corrected chi connectivity index (χ0v) is 17.7. The van der Waals surface area contributed by atoms with Crippen LogP contribution >= 0.6 is 11.8 Å². The van der Waals surface area contributed by atoms with Crippen molar-refractivity contribution in [2.24, 2.45) is 5.92 Å². The van der Waals surface area contributed by atoms with Crippen molar-refractivity contribution in [1.82, 2.24) is 9.80 Å². The summed E-state index contributed by atoms with van der Waals surface area (Å²) in [5.74, 6) is 0.992. The molecule has 8 heteroatoms. The first-order valence-corrected chi connectivity index (χ1v) is 11.7. The maximum Gasteiger partial charge on any atom is 0.416 e. The zero-order chi connectivity index (χ0) is 21.4. The van der Waals surface area contributed by atoms with E-state index >= 15 is 0 Å². The van der Waals surface area contributed by atoms with Crippen LogP contribution in [0, 0.1) is 5.92 Å². The highest BCUT2D eigenvalue weighted by Crippen LogP contribution is 2.45. The number of alkyl halides is 3. The van der Waals surface area contributed by atoms with Crippen molar-refractivity contribution in [2.45, 2.75) is 56.0 Å². The minimum Gasteiger partial charge on any atom is -0.342 e. The van der Waals surface area contributed by atoms with Crippen LogP contribution in [0.4, 0.5) is 13.2 Å². The van der Waals surface area contributed by atoms with Gasteiger partial charge in [-0.15, -0.1) is 11.8 Å². The Morgan fingerprint density at radius 2 is 1.60 bits per heavy atom. The molecule has 0 atom stereocenters. The first-order chi connectivity index (χ1) is 14.3. The highest BCUT2D eigenvalue weighted by molar-refractivity contribution is 8.00. The molecule has 2 aliphatic heterocycles. The molecule has 164 valence electrons. The molecular formula is C22H27F3N2O2S. The minimum atomic E-state index is -4.41. The Bertz CT molecular complexity index is 783. The van der Waals surface area contributed by atoms with Crippen LogP contribution < -0.4 is 0 Å². The lowest BCUT2D eigenvalue weighted by molar-refractivity contribution is -0.138. The van der Waals surface area contributed by atoms with Crippen LogP contribution in [-0.4, -0.2) is 51.9 Å². The molecular weight excluding hydrogens is 413 g/mol. The quantitative estimate of drug-likeness (QED) is 0.664. The Morgan fingerprint density at radius 3 is 2.20 bits per heavy atom. The molecule has 2 saturated heterocycles. The van der Waals surface area contributed by atoms with Crippen molar-refractivity contribution in [3.05, 3.63) is 35.4 Å². The Labute approximate surface area is 179 Å². The van der Waals surface area contributed by atoms with Gasteiger partial charge in [0.2, 0.25) is 5.91 Å². The monoisotopic (exact) mass is 440 g/mol. The SMILES string of the molecule is O=C(C1CCCCC1)N1CCC2(CC1)SCCN2C(=O)c1ccc(C(F)(F)F)cc1. The summed E-state index contributed by atoms with van der Waals surface area (Å²) >= 11 is 1.74. The molecule has 0 unspecified atom stereocenters. The van der Waals surface area contributed by atoms with E-state index in [4.69, 9.17) is 0 Å². The van der Waals surface area contributed by atoms with E-state index in [1.165, 1.54) is 18.6 Å². The number of hydrogen-bond donors (Lipinski definition) is 0. The molecule has 0 aromatic heterocycles. The van der Waals surface area contributed by atoms with Gasteiger partial charge in [0.25, 0.3) is 5.91 Å². The molecule has 0 N–H and O–H groups in total. The van der Waals surface area contributed by atoms with E-state index in [1.807, 2.05) is 9.80 Å². The van der Waals surface area contributed by atoms with Gasteiger partial charge in [0, 0.05) is 36.9 Å². The zero-order valence-electron chi connectivity index (χ0n) is 16.9. The molecule has 4 nitrogen and oxygen atoms in total. The molecule has 2 amide bonds. The molecule has 1 aromatic carbocycles. The number of piperidine rings is 1. The highest BCUT2D eigenvalue weighted by atomic mass is 32.2. The molecule has 30 heavy (non-hydrogen) atoms. The molecule has 1 saturated carbocycles. The number of halogens is 3. The van der Waals surface area contributed by atoms with E-state index in [0.717, 1.165) is 43.6 Å². The highest BCUT2D eigenvalue weighted by Gasteiger charge is 2.47. The third-order valence-electron chi connectivity index (χ3n) is 6.69. The third-order valence-corrected chi connectivity index (χ3v) is 8.25. The first-order valence-electron chi connectivity index (χ1n) is 10.7. The average molecular weight is 441 g/mol. The van der Waals surface area contributed by atoms with Gasteiger partial charge in [0.1, 0.15) is 0 Å². The van der Waals surface area contributed by atoms with E-state index in [-0.39, 0.29) is 28.2 Å². The molecule has 1 spiro atoms. The lowest BCUT2D eigenvalue weighted by atomic mass is 9.87. The van der Waals surface area contributed by atoms with Crippen LogP contribution in [0.25, 0.3) is 0 Å². The molecule has 3 aliphatic rings. The van der Waals surface area contributed by atoms with Crippen LogP contribution in [-0.2, 0) is 11.0 Å². The van der Waals surface area contributed by atoms with Crippen molar-refractivity contribution < 1.29 is 22.8 Å². The topological polar surface area (TPSA) is 40.6 Å². The fourth-order valence-electron chi connectivity index (χ4n) is 4.95. The van der Waals surface area contributed by atoms with Gasteiger partial charge in [0.05, 0.1) is 10.4 Å². The first kappa shape index (κ1) is 21.5. The number of rotatable bonds is 2. The maximum absolute atomic E-state index is 13.1. The van der Waals surface area contributed by atoms with Crippen LogP contribution in [0.1, 0.15) is 60.9 Å². The smallest absolute Gasteiger partial charge is 0.342 e. The van der Waals surface area contributed by atoms with Gasteiger partial charge in [-0.2, -0.15) is 13.2 Å². The number of benzene rings is 1. The standard InChI is InChI=1S/C22H27F3N2O2S/c23-22(24,25)18-8-6-17(7-9-18)20(29)27-14-15-30-21(27)10-12-26(13-11-21)19(28)16-4-2-1-3-5-16/h6-9,16H,1-5,10-15H2. The number of thioether (sulfide) groups is 1. The van der Waals surface area contributed by atoms with E-state index in [2.05, 4.69) is 0 Å². The van der Waals surface area contributed by atoms with Crippen molar-refractivity contribution in [2.75, 3.05) is 25.4 Å². The second kappa shape index (κ2) is 8.44. The minimum absolute atomic E-state index is 0.147. The van der Waals surface area contributed by atoms with Crippen LogP contribution in [0.5, 0.6) is 0 Å². The van der Waals surface area contributed by atoms with Gasteiger partial charge in [-0.3, -0.25) is 9.59 Å². The van der Waals surface area contributed by atoms with Crippen molar-refractivity contribution >= 4 is 23.6 Å². The summed E-state index contributed by atoms with van der Waals surface area (Å²) in [6.07, 6.45) is 2.43. The summed E-state index contributed by atoms with van der Waals surface area (Å²) in [6.45, 7) is 1.86.